The van der Waals surface area contributed by atoms with Crippen LogP contribution in [0.1, 0.15) is 0 Å². The smallest absolute Gasteiger partial charge is 0.288 e. The molecule has 0 atom stereocenters. The second kappa shape index (κ2) is 3.02. The monoisotopic (exact) mass is 197 g/mol. The average molecular weight is 198 g/mol. The summed E-state index contributed by atoms with van der Waals surface area (Å²) in [6.07, 6.45) is -0.750. The summed E-state index contributed by atoms with van der Waals surface area (Å²) in [6, 6.07) is 6.88. The zero-order valence-corrected chi connectivity index (χ0v) is 7.10. The van der Waals surface area contributed by atoms with E-state index in [2.05, 4.69) is 14.9 Å². The van der Waals surface area contributed by atoms with E-state index < -0.39 is 6.08 Å². The summed E-state index contributed by atoms with van der Waals surface area (Å²) >= 11 is 5.82. The van der Waals surface area contributed by atoms with Gasteiger partial charge in [0.25, 0.3) is 5.69 Å². The van der Waals surface area contributed by atoms with E-state index >= 15 is 0 Å². The second-order valence-electron chi connectivity index (χ2n) is 2.28. The number of halogens is 1. The lowest BCUT2D eigenvalue weighted by Crippen LogP contribution is -2.36. The van der Waals surface area contributed by atoms with Gasteiger partial charge in [-0.1, -0.05) is 23.7 Å². The highest BCUT2D eigenvalue weighted by molar-refractivity contribution is 6.32. The van der Waals surface area contributed by atoms with Gasteiger partial charge in [0.05, 0.1) is 9.90 Å². The molecule has 2 aromatic rings. The van der Waals surface area contributed by atoms with Crippen molar-refractivity contribution in [3.63, 3.8) is 0 Å². The van der Waals surface area contributed by atoms with Crippen molar-refractivity contribution in [1.29, 1.82) is 0 Å². The number of aromatic nitrogens is 3. The predicted molar refractivity (Wildman–Crippen MR) is 40.3 cm³/mol. The summed E-state index contributed by atoms with van der Waals surface area (Å²) < 4.78 is 4.26. The third-order valence-corrected chi connectivity index (χ3v) is 1.76. The molecule has 0 fully saturated rings. The van der Waals surface area contributed by atoms with Crippen LogP contribution in [0, 0.1) is 0 Å². The van der Waals surface area contributed by atoms with E-state index in [9.17, 15) is 5.11 Å². The Bertz CT molecular complexity index is 429. The Hall–Kier alpha value is -1.62. The van der Waals surface area contributed by atoms with E-state index in [1.54, 1.807) is 24.3 Å². The fourth-order valence-corrected chi connectivity index (χ4v) is 1.11. The van der Waals surface area contributed by atoms with Crippen LogP contribution in [0.3, 0.4) is 0 Å². The normalized spacial score (nSPS) is 10.2. The maximum Gasteiger partial charge on any atom is 0.288 e. The Labute approximate surface area is 78.1 Å². The fourth-order valence-electron chi connectivity index (χ4n) is 0.899. The highest BCUT2D eigenvalue weighted by Gasteiger charge is 2.14. The van der Waals surface area contributed by atoms with Crippen molar-refractivity contribution in [3.05, 3.63) is 29.3 Å². The van der Waals surface area contributed by atoms with Gasteiger partial charge in [-0.15, -0.1) is 0 Å². The molecule has 2 rings (SSSR count). The van der Waals surface area contributed by atoms with Crippen molar-refractivity contribution in [2.75, 3.05) is 0 Å². The molecular formula is C7H4ClN3O2. The van der Waals surface area contributed by atoms with Crippen molar-refractivity contribution in [1.82, 2.24) is 10.4 Å². The van der Waals surface area contributed by atoms with Crippen LogP contribution in [-0.2, 0) is 0 Å². The van der Waals surface area contributed by atoms with Gasteiger partial charge >= 0.3 is 0 Å². The molecule has 66 valence electrons. The quantitative estimate of drug-likeness (QED) is 0.607. The number of nitrogens with zero attached hydrogens (tertiary/aromatic N) is 3. The van der Waals surface area contributed by atoms with Crippen LogP contribution in [0.5, 0.6) is 6.08 Å². The Kier molecular flexibility index (Phi) is 1.86. The van der Waals surface area contributed by atoms with Crippen LogP contribution in [-0.4, -0.2) is 10.4 Å². The van der Waals surface area contributed by atoms with Crippen LogP contribution in [0.2, 0.25) is 5.02 Å². The average Bonchev–Trinajstić information content (AvgIpc) is 2.53. The lowest BCUT2D eigenvalue weighted by Gasteiger charge is -1.88. The second-order valence-corrected chi connectivity index (χ2v) is 2.69. The molecule has 0 spiro atoms. The van der Waals surface area contributed by atoms with Crippen molar-refractivity contribution >= 4 is 11.6 Å². The number of hydrogen-bond acceptors (Lipinski definition) is 4. The molecule has 13 heavy (non-hydrogen) atoms. The Morgan fingerprint density at radius 1 is 1.38 bits per heavy atom. The topological polar surface area (TPSA) is 65.9 Å². The first-order valence-electron chi connectivity index (χ1n) is 3.45. The van der Waals surface area contributed by atoms with E-state index in [1.807, 2.05) is 0 Å². The van der Waals surface area contributed by atoms with Gasteiger partial charge in [-0.2, -0.15) is 0 Å². The van der Waals surface area contributed by atoms with E-state index in [-0.39, 0.29) is 0 Å². The molecular weight excluding hydrogens is 194 g/mol. The van der Waals surface area contributed by atoms with Gasteiger partial charge in [-0.3, -0.25) is 0 Å². The summed E-state index contributed by atoms with van der Waals surface area (Å²) in [5, 5.41) is 17.8. The van der Waals surface area contributed by atoms with Crippen molar-refractivity contribution in [2.45, 2.75) is 0 Å². The van der Waals surface area contributed by atoms with Gasteiger partial charge in [0, 0.05) is 6.07 Å². The van der Waals surface area contributed by atoms with Crippen molar-refractivity contribution in [3.8, 4) is 11.8 Å². The molecule has 0 unspecified atom stereocenters. The highest BCUT2D eigenvalue weighted by Crippen LogP contribution is 2.13. The highest BCUT2D eigenvalue weighted by atomic mass is 35.5. The molecule has 0 radical (unpaired) electrons. The zero-order valence-electron chi connectivity index (χ0n) is 6.35. The van der Waals surface area contributed by atoms with E-state index in [0.29, 0.717) is 10.7 Å². The Morgan fingerprint density at radius 3 is 2.77 bits per heavy atom. The third kappa shape index (κ3) is 1.46. The molecule has 0 aliphatic heterocycles. The first kappa shape index (κ1) is 8.00. The summed E-state index contributed by atoms with van der Waals surface area (Å²) in [7, 11) is 0. The molecule has 0 N–H and O–H groups in total. The number of rotatable bonds is 1. The maximum atomic E-state index is 10.6. The summed E-state index contributed by atoms with van der Waals surface area (Å²) in [5.74, 6) is 0. The molecule has 0 saturated heterocycles. The molecule has 0 aliphatic carbocycles. The molecule has 0 aliphatic rings. The summed E-state index contributed by atoms with van der Waals surface area (Å²) in [4.78, 5) is 1.05. The molecule has 0 bridgehead atoms. The van der Waals surface area contributed by atoms with Crippen LogP contribution < -0.4 is 9.90 Å². The van der Waals surface area contributed by atoms with E-state index in [4.69, 9.17) is 11.6 Å². The standard InChI is InChI=1S/C7H4ClN3O2/c8-5-3-1-2-4-6(5)11-9-7(12)13-10-11/h1-4H. The van der Waals surface area contributed by atoms with Crippen LogP contribution in [0.15, 0.2) is 28.8 Å². The van der Waals surface area contributed by atoms with Crippen LogP contribution in [0.25, 0.3) is 5.69 Å². The molecule has 1 aromatic heterocycles. The van der Waals surface area contributed by atoms with Gasteiger partial charge in [0.1, 0.15) is 10.3 Å². The molecule has 5 nitrogen and oxygen atoms in total. The zero-order chi connectivity index (χ0) is 9.26. The SMILES string of the molecule is [O-]c1n[n+](-c2ccccc2Cl)no1. The van der Waals surface area contributed by atoms with Crippen LogP contribution >= 0.6 is 11.6 Å². The molecule has 6 heteroatoms. The lowest BCUT2D eigenvalue weighted by atomic mass is 10.3. The van der Waals surface area contributed by atoms with E-state index in [0.717, 1.165) is 4.80 Å². The molecule has 0 amide bonds. The largest absolute Gasteiger partial charge is 0.523 e. The minimum Gasteiger partial charge on any atom is -0.523 e. The Balaban J connectivity index is 2.52. The van der Waals surface area contributed by atoms with Crippen LogP contribution in [0.4, 0.5) is 0 Å². The maximum absolute atomic E-state index is 10.6. The first-order chi connectivity index (χ1) is 6.27. The molecule has 1 aromatic carbocycles. The van der Waals surface area contributed by atoms with Gasteiger partial charge in [-0.05, 0) is 6.07 Å². The van der Waals surface area contributed by atoms with Gasteiger partial charge < -0.3 is 9.63 Å². The summed E-state index contributed by atoms with van der Waals surface area (Å²) in [5.41, 5.74) is 0.509. The molecule has 0 saturated carbocycles. The Morgan fingerprint density at radius 2 is 2.15 bits per heavy atom. The lowest BCUT2D eigenvalue weighted by molar-refractivity contribution is -0.725. The van der Waals surface area contributed by atoms with Gasteiger partial charge in [-0.25, -0.2) is 0 Å². The third-order valence-electron chi connectivity index (χ3n) is 1.44. The number of benzene rings is 1. The minimum absolute atomic E-state index is 0.452. The molecule has 1 heterocycles. The van der Waals surface area contributed by atoms with Crippen molar-refractivity contribution in [2.24, 2.45) is 0 Å². The number of hydrogen-bond donors (Lipinski definition) is 0. The first-order valence-corrected chi connectivity index (χ1v) is 3.83. The number of para-hydroxylation sites is 1. The van der Waals surface area contributed by atoms with Gasteiger partial charge in [0.2, 0.25) is 6.08 Å². The summed E-state index contributed by atoms with van der Waals surface area (Å²) in [6.45, 7) is 0. The van der Waals surface area contributed by atoms with Crippen molar-refractivity contribution < 1.29 is 14.4 Å². The van der Waals surface area contributed by atoms with E-state index in [1.165, 1.54) is 0 Å². The van der Waals surface area contributed by atoms with Gasteiger partial charge in [0.15, 0.2) is 0 Å². The fraction of sp³-hybridized carbons (Fsp3) is 0. The minimum atomic E-state index is -0.750. The predicted octanol–water partition coefficient (Wildman–Crippen LogP) is 0.0733.